The molecule has 1 fully saturated rings. The van der Waals surface area contributed by atoms with Gasteiger partial charge in [0.1, 0.15) is 11.6 Å². The van der Waals surface area contributed by atoms with Crippen LogP contribution in [0.3, 0.4) is 0 Å². The van der Waals surface area contributed by atoms with Crippen molar-refractivity contribution < 1.29 is 14.6 Å². The molecule has 0 spiro atoms. The first-order valence-electron chi connectivity index (χ1n) is 10.4. The SMILES string of the molecule is CCc1nccn1CC1(O)CCN(C(=O)COc2ccc(C(C)(C)C)cc2)CC1. The maximum Gasteiger partial charge on any atom is 0.260 e. The van der Waals surface area contributed by atoms with E-state index in [4.69, 9.17) is 4.74 Å². The minimum absolute atomic E-state index is 0.0226. The van der Waals surface area contributed by atoms with Crippen LogP contribution in [0.5, 0.6) is 5.75 Å². The molecule has 6 nitrogen and oxygen atoms in total. The first-order chi connectivity index (χ1) is 13.7. The van der Waals surface area contributed by atoms with E-state index in [1.807, 2.05) is 35.0 Å². The molecule has 1 saturated heterocycles. The van der Waals surface area contributed by atoms with Crippen molar-refractivity contribution in [2.75, 3.05) is 19.7 Å². The Kier molecular flexibility index (Phi) is 6.32. The van der Waals surface area contributed by atoms with Gasteiger partial charge in [0.15, 0.2) is 6.61 Å². The summed E-state index contributed by atoms with van der Waals surface area (Å²) >= 11 is 0. The standard InChI is InChI=1S/C23H33N3O3/c1-5-20-24-12-15-26(20)17-23(28)10-13-25(14-11-23)21(27)16-29-19-8-6-18(7-9-19)22(2,3)4/h6-9,12,15,28H,5,10-11,13-14,16-17H2,1-4H3. The molecule has 29 heavy (non-hydrogen) atoms. The van der Waals surface area contributed by atoms with Gasteiger partial charge >= 0.3 is 0 Å². The second kappa shape index (κ2) is 8.57. The van der Waals surface area contributed by atoms with Crippen LogP contribution in [0, 0.1) is 0 Å². The highest BCUT2D eigenvalue weighted by Crippen LogP contribution is 2.26. The average Bonchev–Trinajstić information content (AvgIpc) is 3.12. The van der Waals surface area contributed by atoms with E-state index in [9.17, 15) is 9.90 Å². The van der Waals surface area contributed by atoms with E-state index in [1.165, 1.54) is 5.56 Å². The number of ether oxygens (including phenoxy) is 1. The third-order valence-electron chi connectivity index (χ3n) is 5.71. The van der Waals surface area contributed by atoms with E-state index in [0.717, 1.165) is 12.2 Å². The first kappa shape index (κ1) is 21.4. The molecule has 1 amide bonds. The fourth-order valence-electron chi connectivity index (χ4n) is 3.73. The maximum atomic E-state index is 12.5. The van der Waals surface area contributed by atoms with Crippen molar-refractivity contribution in [3.63, 3.8) is 0 Å². The molecule has 2 heterocycles. The van der Waals surface area contributed by atoms with Crippen molar-refractivity contribution >= 4 is 5.91 Å². The number of carbonyl (C=O) groups excluding carboxylic acids is 1. The molecule has 6 heteroatoms. The van der Waals surface area contributed by atoms with Gasteiger partial charge < -0.3 is 19.3 Å². The van der Waals surface area contributed by atoms with Gasteiger partial charge in [-0.05, 0) is 36.0 Å². The number of hydrogen-bond donors (Lipinski definition) is 1. The van der Waals surface area contributed by atoms with Gasteiger partial charge in [0, 0.05) is 31.9 Å². The summed E-state index contributed by atoms with van der Waals surface area (Å²) in [5.41, 5.74) is 0.522. The Morgan fingerprint density at radius 1 is 1.21 bits per heavy atom. The topological polar surface area (TPSA) is 67.6 Å². The zero-order chi connectivity index (χ0) is 21.1. The molecule has 1 aromatic heterocycles. The first-order valence-corrected chi connectivity index (χ1v) is 10.4. The van der Waals surface area contributed by atoms with Crippen LogP contribution in [-0.4, -0.2) is 50.8 Å². The van der Waals surface area contributed by atoms with Crippen LogP contribution in [-0.2, 0) is 23.2 Å². The molecule has 158 valence electrons. The van der Waals surface area contributed by atoms with E-state index in [2.05, 4.69) is 32.7 Å². The van der Waals surface area contributed by atoms with Crippen molar-refractivity contribution in [1.29, 1.82) is 0 Å². The van der Waals surface area contributed by atoms with E-state index in [1.54, 1.807) is 11.1 Å². The number of carbonyl (C=O) groups is 1. The smallest absolute Gasteiger partial charge is 0.260 e. The van der Waals surface area contributed by atoms with Crippen LogP contribution < -0.4 is 4.74 Å². The molecule has 2 aromatic rings. The lowest BCUT2D eigenvalue weighted by Crippen LogP contribution is -2.49. The van der Waals surface area contributed by atoms with Gasteiger partial charge in [-0.25, -0.2) is 4.98 Å². The van der Waals surface area contributed by atoms with Crippen molar-refractivity contribution in [2.24, 2.45) is 0 Å². The van der Waals surface area contributed by atoms with Crippen LogP contribution in [0.4, 0.5) is 0 Å². The summed E-state index contributed by atoms with van der Waals surface area (Å²) in [4.78, 5) is 18.6. The molecule has 1 N–H and O–H groups in total. The fraction of sp³-hybridized carbons (Fsp3) is 0.565. The third-order valence-corrected chi connectivity index (χ3v) is 5.71. The third kappa shape index (κ3) is 5.38. The Bertz CT molecular complexity index is 813. The van der Waals surface area contributed by atoms with Crippen LogP contribution in [0.25, 0.3) is 0 Å². The Hall–Kier alpha value is -2.34. The molecule has 0 unspecified atom stereocenters. The Morgan fingerprint density at radius 3 is 2.45 bits per heavy atom. The average molecular weight is 400 g/mol. The number of amides is 1. The van der Waals surface area contributed by atoms with Crippen molar-refractivity contribution in [3.8, 4) is 5.75 Å². The van der Waals surface area contributed by atoms with Gasteiger partial charge in [-0.2, -0.15) is 0 Å². The number of hydrogen-bond acceptors (Lipinski definition) is 4. The number of piperidine rings is 1. The van der Waals surface area contributed by atoms with Gasteiger partial charge in [0.25, 0.3) is 5.91 Å². The number of benzene rings is 1. The summed E-state index contributed by atoms with van der Waals surface area (Å²) in [6, 6.07) is 7.92. The Labute approximate surface area is 173 Å². The number of rotatable bonds is 6. The van der Waals surface area contributed by atoms with Gasteiger partial charge in [-0.1, -0.05) is 39.8 Å². The van der Waals surface area contributed by atoms with Gasteiger partial charge in [0.05, 0.1) is 12.1 Å². The summed E-state index contributed by atoms with van der Waals surface area (Å²) < 4.78 is 7.71. The highest BCUT2D eigenvalue weighted by Gasteiger charge is 2.34. The second-order valence-corrected chi connectivity index (χ2v) is 8.99. The lowest BCUT2D eigenvalue weighted by atomic mass is 9.87. The Morgan fingerprint density at radius 2 is 1.86 bits per heavy atom. The van der Waals surface area contributed by atoms with Crippen molar-refractivity contribution in [3.05, 3.63) is 48.0 Å². The molecule has 1 aliphatic heterocycles. The number of aliphatic hydroxyl groups is 1. The second-order valence-electron chi connectivity index (χ2n) is 8.99. The van der Waals surface area contributed by atoms with E-state index in [-0.39, 0.29) is 17.9 Å². The minimum atomic E-state index is -0.801. The molecular weight excluding hydrogens is 366 g/mol. The molecule has 1 aromatic carbocycles. The lowest BCUT2D eigenvalue weighted by molar-refractivity contribution is -0.138. The lowest BCUT2D eigenvalue weighted by Gasteiger charge is -2.38. The summed E-state index contributed by atoms with van der Waals surface area (Å²) in [6.45, 7) is 10.2. The maximum absolute atomic E-state index is 12.5. The quantitative estimate of drug-likeness (QED) is 0.810. The largest absolute Gasteiger partial charge is 0.484 e. The Balaban J connectivity index is 1.48. The predicted octanol–water partition coefficient (Wildman–Crippen LogP) is 3.18. The summed E-state index contributed by atoms with van der Waals surface area (Å²) in [7, 11) is 0. The summed E-state index contributed by atoms with van der Waals surface area (Å²) in [6.07, 6.45) is 5.63. The van der Waals surface area contributed by atoms with Gasteiger partial charge in [-0.3, -0.25) is 4.79 Å². The number of imidazole rings is 1. The molecule has 0 radical (unpaired) electrons. The molecule has 0 atom stereocenters. The van der Waals surface area contributed by atoms with E-state index >= 15 is 0 Å². The van der Waals surface area contributed by atoms with Crippen LogP contribution in [0.15, 0.2) is 36.7 Å². The zero-order valence-electron chi connectivity index (χ0n) is 18.0. The highest BCUT2D eigenvalue weighted by atomic mass is 16.5. The summed E-state index contributed by atoms with van der Waals surface area (Å²) in [5, 5.41) is 10.9. The molecule has 3 rings (SSSR count). The van der Waals surface area contributed by atoms with Crippen molar-refractivity contribution in [1.82, 2.24) is 14.5 Å². The van der Waals surface area contributed by atoms with Crippen LogP contribution in [0.2, 0.25) is 0 Å². The van der Waals surface area contributed by atoms with Crippen LogP contribution in [0.1, 0.15) is 51.9 Å². The molecule has 0 bridgehead atoms. The number of aromatic nitrogens is 2. The van der Waals surface area contributed by atoms with Crippen molar-refractivity contribution in [2.45, 2.75) is 64.5 Å². The van der Waals surface area contributed by atoms with Crippen LogP contribution >= 0.6 is 0 Å². The van der Waals surface area contributed by atoms with E-state index < -0.39 is 5.60 Å². The molecule has 0 saturated carbocycles. The number of aryl methyl sites for hydroxylation is 1. The molecular formula is C23H33N3O3. The molecule has 0 aliphatic carbocycles. The normalized spacial score (nSPS) is 16.7. The molecule has 1 aliphatic rings. The van der Waals surface area contributed by atoms with Gasteiger partial charge in [-0.15, -0.1) is 0 Å². The monoisotopic (exact) mass is 399 g/mol. The predicted molar refractivity (Wildman–Crippen MR) is 113 cm³/mol. The zero-order valence-corrected chi connectivity index (χ0v) is 18.0. The highest BCUT2D eigenvalue weighted by molar-refractivity contribution is 5.77. The van der Waals surface area contributed by atoms with Gasteiger partial charge in [0.2, 0.25) is 0 Å². The number of likely N-dealkylation sites (tertiary alicyclic amines) is 1. The summed E-state index contributed by atoms with van der Waals surface area (Å²) in [5.74, 6) is 1.64. The van der Waals surface area contributed by atoms with E-state index in [0.29, 0.717) is 38.2 Å². The number of nitrogens with zero attached hydrogens (tertiary/aromatic N) is 3. The fourth-order valence-corrected chi connectivity index (χ4v) is 3.73. The minimum Gasteiger partial charge on any atom is -0.484 e.